The van der Waals surface area contributed by atoms with Crippen LogP contribution in [0.3, 0.4) is 0 Å². The second-order valence-electron chi connectivity index (χ2n) is 4.01. The molecule has 0 N–H and O–H groups in total. The molecule has 82 valence electrons. The third-order valence-corrected chi connectivity index (χ3v) is 3.10. The molecule has 0 spiro atoms. The molecule has 0 saturated carbocycles. The molecule has 0 radical (unpaired) electrons. The van der Waals surface area contributed by atoms with E-state index >= 15 is 0 Å². The second-order valence-corrected chi connectivity index (χ2v) is 4.01. The molecule has 0 aliphatic heterocycles. The van der Waals surface area contributed by atoms with Crippen molar-refractivity contribution in [1.29, 1.82) is 0 Å². The summed E-state index contributed by atoms with van der Waals surface area (Å²) >= 11 is 0. The van der Waals surface area contributed by atoms with Gasteiger partial charge in [0.2, 0.25) is 0 Å². The van der Waals surface area contributed by atoms with Crippen LogP contribution in [0.1, 0.15) is 0 Å². The molecule has 0 aliphatic carbocycles. The van der Waals surface area contributed by atoms with Crippen molar-refractivity contribution in [2.75, 3.05) is 0 Å². The highest BCUT2D eigenvalue weighted by Gasteiger charge is 2.12. The van der Waals surface area contributed by atoms with Crippen LogP contribution in [-0.2, 0) is 0 Å². The fourth-order valence-electron chi connectivity index (χ4n) is 2.32. The van der Waals surface area contributed by atoms with E-state index in [-0.39, 0.29) is 0 Å². The topological polar surface area (TPSA) is 8.72 Å². The first-order valence-electron chi connectivity index (χ1n) is 5.55. The highest BCUT2D eigenvalue weighted by molar-refractivity contribution is 6.20. The summed E-state index contributed by atoms with van der Waals surface area (Å²) in [6.07, 6.45) is 0. The average molecular weight is 228 g/mol. The van der Waals surface area contributed by atoms with Gasteiger partial charge in [-0.3, -0.25) is 0 Å². The van der Waals surface area contributed by atoms with Gasteiger partial charge in [-0.15, -0.1) is 0 Å². The smallest absolute Gasteiger partial charge is 0.200 e. The van der Waals surface area contributed by atoms with Crippen molar-refractivity contribution in [1.82, 2.24) is 0 Å². The molecule has 3 rings (SSSR count). The third kappa shape index (κ3) is 1.27. The Labute approximate surface area is 105 Å². The maximum absolute atomic E-state index is 7.38. The molecule has 2 nitrogen and oxygen atoms in total. The van der Waals surface area contributed by atoms with Crippen LogP contribution < -0.4 is 0 Å². The van der Waals surface area contributed by atoms with Crippen LogP contribution in [-0.4, -0.2) is 0 Å². The molecule has 0 bridgehead atoms. The van der Waals surface area contributed by atoms with Crippen LogP contribution in [0.15, 0.2) is 48.5 Å². The lowest BCUT2D eigenvalue weighted by Gasteiger charge is -2.08. The van der Waals surface area contributed by atoms with E-state index in [4.69, 9.17) is 13.1 Å². The van der Waals surface area contributed by atoms with Crippen LogP contribution in [0.4, 0.5) is 11.4 Å². The van der Waals surface area contributed by atoms with Gasteiger partial charge in [0.05, 0.1) is 13.1 Å². The zero-order chi connectivity index (χ0) is 12.5. The molecule has 0 unspecified atom stereocenters. The standard InChI is InChI=1S/C16H8N2/c1-17-15-11-7-3-5-9-13(11)16(18-2)14-10-6-4-8-12(14)15/h3-10H. The quantitative estimate of drug-likeness (QED) is 0.374. The highest BCUT2D eigenvalue weighted by atomic mass is 14.7. The molecule has 3 aromatic carbocycles. The van der Waals surface area contributed by atoms with E-state index < -0.39 is 0 Å². The lowest BCUT2D eigenvalue weighted by Crippen LogP contribution is -1.79. The summed E-state index contributed by atoms with van der Waals surface area (Å²) in [5.74, 6) is 0. The maximum Gasteiger partial charge on any atom is 0.200 e. The van der Waals surface area contributed by atoms with Crippen molar-refractivity contribution in [3.63, 3.8) is 0 Å². The Bertz CT molecular complexity index is 719. The van der Waals surface area contributed by atoms with Gasteiger partial charge in [0.1, 0.15) is 0 Å². The van der Waals surface area contributed by atoms with Crippen LogP contribution in [0.5, 0.6) is 0 Å². The van der Waals surface area contributed by atoms with Gasteiger partial charge in [0.25, 0.3) is 0 Å². The van der Waals surface area contributed by atoms with Gasteiger partial charge in [-0.05, 0) is 21.5 Å². The van der Waals surface area contributed by atoms with Crippen molar-refractivity contribution in [3.8, 4) is 0 Å². The summed E-state index contributed by atoms with van der Waals surface area (Å²) < 4.78 is 0. The summed E-state index contributed by atoms with van der Waals surface area (Å²) in [6.45, 7) is 14.8. The summed E-state index contributed by atoms with van der Waals surface area (Å²) in [5, 5.41) is 3.43. The number of nitrogens with zero attached hydrogens (tertiary/aromatic N) is 2. The number of hydrogen-bond acceptors (Lipinski definition) is 0. The maximum atomic E-state index is 7.38. The van der Waals surface area contributed by atoms with E-state index in [0.717, 1.165) is 21.5 Å². The molecule has 2 heteroatoms. The van der Waals surface area contributed by atoms with E-state index in [1.807, 2.05) is 48.5 Å². The monoisotopic (exact) mass is 228 g/mol. The van der Waals surface area contributed by atoms with Crippen LogP contribution in [0.25, 0.3) is 31.2 Å². The molecule has 18 heavy (non-hydrogen) atoms. The van der Waals surface area contributed by atoms with Gasteiger partial charge >= 0.3 is 0 Å². The van der Waals surface area contributed by atoms with Crippen LogP contribution in [0, 0.1) is 13.1 Å². The van der Waals surface area contributed by atoms with Gasteiger partial charge in [-0.2, -0.15) is 0 Å². The minimum atomic E-state index is 0.633. The SMILES string of the molecule is [C-]#[N+]c1c2ccccc2c([N+]#[C-])c2ccccc12. The van der Waals surface area contributed by atoms with Gasteiger partial charge in [-0.1, -0.05) is 48.5 Å². The van der Waals surface area contributed by atoms with E-state index in [1.165, 1.54) is 0 Å². The minimum Gasteiger partial charge on any atom is -0.237 e. The normalized spacial score (nSPS) is 10.1. The number of fused-ring (bicyclic) bond motifs is 2. The molecule has 3 aromatic rings. The van der Waals surface area contributed by atoms with Crippen molar-refractivity contribution < 1.29 is 0 Å². The van der Waals surface area contributed by atoms with E-state index in [0.29, 0.717) is 11.4 Å². The van der Waals surface area contributed by atoms with Crippen molar-refractivity contribution >= 4 is 32.9 Å². The summed E-state index contributed by atoms with van der Waals surface area (Å²) in [6, 6.07) is 15.2. The van der Waals surface area contributed by atoms with Gasteiger partial charge in [0.15, 0.2) is 11.4 Å². The zero-order valence-electron chi connectivity index (χ0n) is 9.51. The molecular weight excluding hydrogens is 220 g/mol. The Morgan fingerprint density at radius 2 is 0.833 bits per heavy atom. The van der Waals surface area contributed by atoms with E-state index in [9.17, 15) is 0 Å². The summed E-state index contributed by atoms with van der Waals surface area (Å²) in [5.41, 5.74) is 1.27. The second kappa shape index (κ2) is 3.87. The van der Waals surface area contributed by atoms with Crippen molar-refractivity contribution in [3.05, 3.63) is 71.4 Å². The van der Waals surface area contributed by atoms with E-state index in [2.05, 4.69) is 9.69 Å². The third-order valence-electron chi connectivity index (χ3n) is 3.10. The Hall–Kier alpha value is -2.84. The van der Waals surface area contributed by atoms with Crippen LogP contribution >= 0.6 is 0 Å². The molecule has 0 saturated heterocycles. The summed E-state index contributed by atoms with van der Waals surface area (Å²) in [7, 11) is 0. The first-order valence-corrected chi connectivity index (χ1v) is 5.55. The molecular formula is C16H8N2. The Kier molecular flexibility index (Phi) is 2.22. The Balaban J connectivity index is 2.73. The fourth-order valence-corrected chi connectivity index (χ4v) is 2.32. The fraction of sp³-hybridized carbons (Fsp3) is 0. The lowest BCUT2D eigenvalue weighted by molar-refractivity contribution is 1.76. The van der Waals surface area contributed by atoms with Gasteiger partial charge in [0, 0.05) is 0 Å². The van der Waals surface area contributed by atoms with E-state index in [1.54, 1.807) is 0 Å². The van der Waals surface area contributed by atoms with Crippen LogP contribution in [0.2, 0.25) is 0 Å². The molecule has 0 aromatic heterocycles. The number of rotatable bonds is 0. The Morgan fingerprint density at radius 3 is 1.06 bits per heavy atom. The number of hydrogen-bond donors (Lipinski definition) is 0. The first kappa shape index (κ1) is 10.3. The predicted molar refractivity (Wildman–Crippen MR) is 74.0 cm³/mol. The largest absolute Gasteiger partial charge is 0.237 e. The molecule has 0 heterocycles. The highest BCUT2D eigenvalue weighted by Crippen LogP contribution is 2.42. The zero-order valence-corrected chi connectivity index (χ0v) is 9.51. The molecule has 0 amide bonds. The first-order chi connectivity index (χ1) is 8.86. The van der Waals surface area contributed by atoms with Gasteiger partial charge < -0.3 is 0 Å². The van der Waals surface area contributed by atoms with Gasteiger partial charge in [-0.25, -0.2) is 9.69 Å². The molecule has 0 aliphatic rings. The average Bonchev–Trinajstić information content (AvgIpc) is 2.44. The predicted octanol–water partition coefficient (Wildman–Crippen LogP) is 5.09. The summed E-state index contributed by atoms with van der Waals surface area (Å²) in [4.78, 5) is 7.30. The molecule has 0 fully saturated rings. The molecule has 0 atom stereocenters. The van der Waals surface area contributed by atoms with Crippen molar-refractivity contribution in [2.24, 2.45) is 0 Å². The lowest BCUT2D eigenvalue weighted by atomic mass is 9.99. The Morgan fingerprint density at radius 1 is 0.556 bits per heavy atom. The van der Waals surface area contributed by atoms with Crippen molar-refractivity contribution in [2.45, 2.75) is 0 Å². The number of benzene rings is 3. The minimum absolute atomic E-state index is 0.633.